The van der Waals surface area contributed by atoms with Crippen LogP contribution in [0.4, 0.5) is 5.82 Å². The molecule has 1 unspecified atom stereocenters. The first-order valence-corrected chi connectivity index (χ1v) is 8.89. The number of ether oxygens (including phenoxy) is 1. The zero-order valence-electron chi connectivity index (χ0n) is 13.4. The normalized spacial score (nSPS) is 23.0. The number of nitrogens with one attached hydrogen (secondary N) is 2. The van der Waals surface area contributed by atoms with E-state index in [1.54, 1.807) is 6.07 Å². The van der Waals surface area contributed by atoms with Crippen LogP contribution in [0.15, 0.2) is 18.2 Å². The number of nitrogens with zero attached hydrogens (tertiary/aromatic N) is 2. The lowest BCUT2D eigenvalue weighted by Gasteiger charge is -2.34. The molecule has 0 bridgehead atoms. The Hall–Kier alpha value is -1.63. The highest BCUT2D eigenvalue weighted by Crippen LogP contribution is 2.29. The molecule has 128 valence electrons. The number of hydrogen-bond donors (Lipinski definition) is 2. The van der Waals surface area contributed by atoms with Crippen molar-refractivity contribution in [3.05, 3.63) is 23.2 Å². The zero-order valence-corrected chi connectivity index (χ0v) is 14.2. The lowest BCUT2D eigenvalue weighted by molar-refractivity contribution is -0.121. The van der Waals surface area contributed by atoms with Gasteiger partial charge in [-0.15, -0.1) is 0 Å². The number of anilines is 1. The monoisotopic (exact) mass is 348 g/mol. The van der Waals surface area contributed by atoms with Gasteiger partial charge in [-0.2, -0.15) is 5.10 Å². The standard InChI is InChI=1S/C17H21ClN4O2/c18-13-4-1-3-12-15(13)20-21-16(12)19-17(23)14-5-2-8-22(14)11-6-9-24-10-7-11/h1,3-4,11,14H,2,5-10H2,(H2,19,20,21,23). The summed E-state index contributed by atoms with van der Waals surface area (Å²) >= 11 is 6.15. The summed E-state index contributed by atoms with van der Waals surface area (Å²) in [6.45, 7) is 2.56. The highest BCUT2D eigenvalue weighted by atomic mass is 35.5. The van der Waals surface area contributed by atoms with E-state index in [0.29, 0.717) is 16.9 Å². The Labute approximate surface area is 145 Å². The molecular formula is C17H21ClN4O2. The highest BCUT2D eigenvalue weighted by molar-refractivity contribution is 6.35. The number of H-pyrrole nitrogens is 1. The predicted octanol–water partition coefficient (Wildman–Crippen LogP) is 2.80. The number of rotatable bonds is 3. The Bertz CT molecular complexity index is 741. The van der Waals surface area contributed by atoms with Crippen LogP contribution >= 0.6 is 11.6 Å². The second-order valence-electron chi connectivity index (χ2n) is 6.46. The van der Waals surface area contributed by atoms with Gasteiger partial charge >= 0.3 is 0 Å². The third-order valence-electron chi connectivity index (χ3n) is 5.05. The fourth-order valence-electron chi connectivity index (χ4n) is 3.83. The van der Waals surface area contributed by atoms with E-state index in [1.807, 2.05) is 12.1 Å². The molecule has 2 N–H and O–H groups in total. The predicted molar refractivity (Wildman–Crippen MR) is 93.3 cm³/mol. The molecule has 1 atom stereocenters. The number of carbonyl (C=O) groups is 1. The van der Waals surface area contributed by atoms with Crippen LogP contribution in [0.2, 0.25) is 5.02 Å². The minimum Gasteiger partial charge on any atom is -0.381 e. The molecule has 2 saturated heterocycles. The molecule has 2 aromatic rings. The van der Waals surface area contributed by atoms with Crippen LogP contribution in [-0.2, 0) is 9.53 Å². The van der Waals surface area contributed by atoms with Gasteiger partial charge in [-0.3, -0.25) is 14.8 Å². The second kappa shape index (κ2) is 6.70. The van der Waals surface area contributed by atoms with Crippen LogP contribution in [0.1, 0.15) is 25.7 Å². The van der Waals surface area contributed by atoms with E-state index in [2.05, 4.69) is 20.4 Å². The van der Waals surface area contributed by atoms with Gasteiger partial charge < -0.3 is 10.1 Å². The Morgan fingerprint density at radius 2 is 2.17 bits per heavy atom. The Morgan fingerprint density at radius 3 is 3.00 bits per heavy atom. The third kappa shape index (κ3) is 2.90. The Kier molecular flexibility index (Phi) is 4.43. The van der Waals surface area contributed by atoms with Gasteiger partial charge in [0, 0.05) is 24.6 Å². The average Bonchev–Trinajstić information content (AvgIpc) is 3.24. The summed E-state index contributed by atoms with van der Waals surface area (Å²) in [5.41, 5.74) is 0.752. The van der Waals surface area contributed by atoms with Gasteiger partial charge in [-0.25, -0.2) is 0 Å². The largest absolute Gasteiger partial charge is 0.381 e. The van der Waals surface area contributed by atoms with E-state index in [9.17, 15) is 4.79 Å². The fourth-order valence-corrected chi connectivity index (χ4v) is 4.04. The van der Waals surface area contributed by atoms with Crippen molar-refractivity contribution in [3.63, 3.8) is 0 Å². The van der Waals surface area contributed by atoms with Crippen LogP contribution in [-0.4, -0.2) is 52.8 Å². The Balaban J connectivity index is 1.51. The van der Waals surface area contributed by atoms with E-state index >= 15 is 0 Å². The van der Waals surface area contributed by atoms with Crippen molar-refractivity contribution < 1.29 is 9.53 Å². The van der Waals surface area contributed by atoms with Crippen molar-refractivity contribution in [1.29, 1.82) is 0 Å². The van der Waals surface area contributed by atoms with Crippen molar-refractivity contribution >= 4 is 34.2 Å². The minimum atomic E-state index is -0.0842. The van der Waals surface area contributed by atoms with Crippen molar-refractivity contribution in [3.8, 4) is 0 Å². The molecular weight excluding hydrogens is 328 g/mol. The molecule has 1 amide bonds. The number of carbonyl (C=O) groups excluding carboxylic acids is 1. The topological polar surface area (TPSA) is 70.2 Å². The van der Waals surface area contributed by atoms with Crippen molar-refractivity contribution in [2.75, 3.05) is 25.1 Å². The lowest BCUT2D eigenvalue weighted by Crippen LogP contribution is -2.47. The van der Waals surface area contributed by atoms with E-state index in [1.165, 1.54) is 0 Å². The summed E-state index contributed by atoms with van der Waals surface area (Å²) < 4.78 is 5.45. The van der Waals surface area contributed by atoms with Gasteiger partial charge in [0.2, 0.25) is 5.91 Å². The average molecular weight is 349 g/mol. The van der Waals surface area contributed by atoms with Gasteiger partial charge in [-0.1, -0.05) is 17.7 Å². The number of fused-ring (bicyclic) bond motifs is 1. The molecule has 24 heavy (non-hydrogen) atoms. The first-order valence-electron chi connectivity index (χ1n) is 8.51. The zero-order chi connectivity index (χ0) is 16.5. The summed E-state index contributed by atoms with van der Waals surface area (Å²) in [4.78, 5) is 15.2. The van der Waals surface area contributed by atoms with E-state index in [4.69, 9.17) is 16.3 Å². The molecule has 4 rings (SSSR count). The number of aromatic nitrogens is 2. The second-order valence-corrected chi connectivity index (χ2v) is 6.87. The van der Waals surface area contributed by atoms with Crippen LogP contribution < -0.4 is 5.32 Å². The van der Waals surface area contributed by atoms with Gasteiger partial charge in [0.05, 0.1) is 16.6 Å². The van der Waals surface area contributed by atoms with Crippen molar-refractivity contribution in [2.45, 2.75) is 37.8 Å². The van der Waals surface area contributed by atoms with E-state index < -0.39 is 0 Å². The van der Waals surface area contributed by atoms with Crippen molar-refractivity contribution in [2.24, 2.45) is 0 Å². The molecule has 2 fully saturated rings. The van der Waals surface area contributed by atoms with Gasteiger partial charge in [0.1, 0.15) is 0 Å². The first-order chi connectivity index (χ1) is 11.7. The SMILES string of the molecule is O=C(Nc1n[nH]c2c(Cl)cccc12)C1CCCN1C1CCOCC1. The Morgan fingerprint density at radius 1 is 1.33 bits per heavy atom. The van der Waals surface area contributed by atoms with Crippen LogP contribution in [0.3, 0.4) is 0 Å². The highest BCUT2D eigenvalue weighted by Gasteiger charge is 2.36. The maximum atomic E-state index is 12.8. The number of benzene rings is 1. The molecule has 0 spiro atoms. The number of aromatic amines is 1. The smallest absolute Gasteiger partial charge is 0.242 e. The number of amides is 1. The lowest BCUT2D eigenvalue weighted by atomic mass is 10.1. The minimum absolute atomic E-state index is 0.0207. The maximum absolute atomic E-state index is 12.8. The fraction of sp³-hybridized carbons (Fsp3) is 0.529. The first kappa shape index (κ1) is 15.9. The molecule has 1 aromatic heterocycles. The molecule has 3 heterocycles. The summed E-state index contributed by atoms with van der Waals surface area (Å²) in [5, 5.41) is 11.6. The summed E-state index contributed by atoms with van der Waals surface area (Å²) in [7, 11) is 0. The van der Waals surface area contributed by atoms with Crippen molar-refractivity contribution in [1.82, 2.24) is 15.1 Å². The molecule has 0 saturated carbocycles. The molecule has 1 aromatic carbocycles. The summed E-state index contributed by atoms with van der Waals surface area (Å²) in [6, 6.07) is 5.93. The van der Waals surface area contributed by atoms with Gasteiger partial charge in [-0.05, 0) is 44.4 Å². The van der Waals surface area contributed by atoms with Crippen LogP contribution in [0.25, 0.3) is 10.9 Å². The van der Waals surface area contributed by atoms with E-state index in [0.717, 1.165) is 56.3 Å². The van der Waals surface area contributed by atoms with Gasteiger partial charge in [0.25, 0.3) is 0 Å². The molecule has 6 nitrogen and oxygen atoms in total. The quantitative estimate of drug-likeness (QED) is 0.894. The summed E-state index contributed by atoms with van der Waals surface area (Å²) in [5.74, 6) is 0.573. The third-order valence-corrected chi connectivity index (χ3v) is 5.36. The number of para-hydroxylation sites is 1. The summed E-state index contributed by atoms with van der Waals surface area (Å²) in [6.07, 6.45) is 3.96. The molecule has 2 aliphatic rings. The van der Waals surface area contributed by atoms with Gasteiger partial charge in [0.15, 0.2) is 5.82 Å². The molecule has 0 aliphatic carbocycles. The molecule has 7 heteroatoms. The van der Waals surface area contributed by atoms with Crippen LogP contribution in [0, 0.1) is 0 Å². The number of halogens is 1. The molecule has 2 aliphatic heterocycles. The maximum Gasteiger partial charge on any atom is 0.242 e. The molecule has 0 radical (unpaired) electrons. The van der Waals surface area contributed by atoms with E-state index in [-0.39, 0.29) is 11.9 Å². The number of hydrogen-bond acceptors (Lipinski definition) is 4. The van der Waals surface area contributed by atoms with Crippen LogP contribution in [0.5, 0.6) is 0 Å². The number of likely N-dealkylation sites (tertiary alicyclic amines) is 1.